The fraction of sp³-hybridized carbons (Fsp3) is 0.667. The molecule has 2 rings (SSSR count). The highest BCUT2D eigenvalue weighted by Crippen LogP contribution is 2.12. The molecule has 0 saturated carbocycles. The van der Waals surface area contributed by atoms with Crippen LogP contribution >= 0.6 is 0 Å². The van der Waals surface area contributed by atoms with E-state index in [1.165, 1.54) is 13.1 Å². The predicted molar refractivity (Wildman–Crippen MR) is 73.9 cm³/mol. The van der Waals surface area contributed by atoms with E-state index in [0.717, 1.165) is 39.4 Å². The first-order chi connectivity index (χ1) is 9.62. The van der Waals surface area contributed by atoms with E-state index in [1.54, 1.807) is 6.07 Å². The molecule has 0 atom stereocenters. The van der Waals surface area contributed by atoms with Crippen LogP contribution in [-0.2, 0) is 21.3 Å². The lowest BCUT2D eigenvalue weighted by Crippen LogP contribution is -2.40. The third-order valence-corrected chi connectivity index (χ3v) is 4.46. The number of hydrogen-bond acceptors (Lipinski definition) is 6. The maximum atomic E-state index is 11.5. The minimum absolute atomic E-state index is 0.0509. The van der Waals surface area contributed by atoms with Gasteiger partial charge in [0, 0.05) is 26.2 Å². The fourth-order valence-corrected chi connectivity index (χ4v) is 2.64. The van der Waals surface area contributed by atoms with Gasteiger partial charge in [-0.15, -0.1) is 0 Å². The number of nitrogens with zero attached hydrogens (tertiary/aromatic N) is 1. The molecule has 1 aromatic heterocycles. The molecule has 0 amide bonds. The molecule has 7 nitrogen and oxygen atoms in total. The molecule has 0 spiro atoms. The molecule has 0 radical (unpaired) electrons. The van der Waals surface area contributed by atoms with Crippen molar-refractivity contribution in [1.82, 2.24) is 14.9 Å². The standard InChI is InChI=1S/C12H21N3O4S/c1-13-20(16,17)12-3-2-11(19-12)10-14-4-5-15-6-8-18-9-7-15/h2-3,13-14H,4-10H2,1H3. The number of morpholine rings is 1. The normalized spacial score (nSPS) is 17.4. The van der Waals surface area contributed by atoms with Crippen LogP contribution in [0.4, 0.5) is 0 Å². The summed E-state index contributed by atoms with van der Waals surface area (Å²) < 4.78 is 35.8. The van der Waals surface area contributed by atoms with Gasteiger partial charge in [-0.05, 0) is 19.2 Å². The zero-order valence-electron chi connectivity index (χ0n) is 11.6. The molecule has 0 bridgehead atoms. The van der Waals surface area contributed by atoms with Crippen molar-refractivity contribution in [3.63, 3.8) is 0 Å². The van der Waals surface area contributed by atoms with Crippen LogP contribution in [-0.4, -0.2) is 59.8 Å². The van der Waals surface area contributed by atoms with Gasteiger partial charge in [0.25, 0.3) is 10.0 Å². The summed E-state index contributed by atoms with van der Waals surface area (Å²) in [5.74, 6) is 0.612. The molecule has 2 N–H and O–H groups in total. The Morgan fingerprint density at radius 3 is 2.75 bits per heavy atom. The summed E-state index contributed by atoms with van der Waals surface area (Å²) in [7, 11) is -2.13. The first-order valence-corrected chi connectivity index (χ1v) is 8.13. The second kappa shape index (κ2) is 7.19. The molecule has 1 aliphatic heterocycles. The van der Waals surface area contributed by atoms with Crippen LogP contribution in [0.25, 0.3) is 0 Å². The lowest BCUT2D eigenvalue weighted by molar-refractivity contribution is 0.0383. The minimum Gasteiger partial charge on any atom is -0.447 e. The second-order valence-electron chi connectivity index (χ2n) is 4.56. The smallest absolute Gasteiger partial charge is 0.273 e. The van der Waals surface area contributed by atoms with Gasteiger partial charge in [0.2, 0.25) is 5.09 Å². The van der Waals surface area contributed by atoms with Crippen molar-refractivity contribution in [2.24, 2.45) is 0 Å². The van der Waals surface area contributed by atoms with Gasteiger partial charge in [-0.1, -0.05) is 0 Å². The van der Waals surface area contributed by atoms with Crippen molar-refractivity contribution in [1.29, 1.82) is 0 Å². The number of furan rings is 1. The molecule has 0 aliphatic carbocycles. The van der Waals surface area contributed by atoms with Gasteiger partial charge in [-0.25, -0.2) is 13.1 Å². The van der Waals surface area contributed by atoms with Crippen molar-refractivity contribution in [2.45, 2.75) is 11.6 Å². The average Bonchev–Trinajstić information content (AvgIpc) is 2.94. The lowest BCUT2D eigenvalue weighted by atomic mass is 10.4. The van der Waals surface area contributed by atoms with E-state index in [4.69, 9.17) is 9.15 Å². The molecule has 0 unspecified atom stereocenters. The Bertz CT molecular complexity index is 509. The number of nitrogens with one attached hydrogen (secondary N) is 2. The van der Waals surface area contributed by atoms with Crippen molar-refractivity contribution in [3.8, 4) is 0 Å². The van der Waals surface area contributed by atoms with Gasteiger partial charge in [-0.2, -0.15) is 0 Å². The zero-order valence-corrected chi connectivity index (χ0v) is 12.4. The van der Waals surface area contributed by atoms with Crippen molar-refractivity contribution in [3.05, 3.63) is 17.9 Å². The summed E-state index contributed by atoms with van der Waals surface area (Å²) in [4.78, 5) is 2.33. The highest BCUT2D eigenvalue weighted by atomic mass is 32.2. The van der Waals surface area contributed by atoms with Gasteiger partial charge in [-0.3, -0.25) is 4.90 Å². The van der Waals surface area contributed by atoms with Crippen LogP contribution in [0, 0.1) is 0 Å². The summed E-state index contributed by atoms with van der Waals surface area (Å²) in [6.45, 7) is 5.82. The van der Waals surface area contributed by atoms with Gasteiger partial charge in [0.15, 0.2) is 0 Å². The van der Waals surface area contributed by atoms with Crippen LogP contribution in [0.5, 0.6) is 0 Å². The predicted octanol–water partition coefficient (Wildman–Crippen LogP) is -0.390. The van der Waals surface area contributed by atoms with Crippen LogP contribution in [0.1, 0.15) is 5.76 Å². The van der Waals surface area contributed by atoms with E-state index >= 15 is 0 Å². The average molecular weight is 303 g/mol. The molecule has 1 aliphatic rings. The quantitative estimate of drug-likeness (QED) is 0.668. The topological polar surface area (TPSA) is 83.8 Å². The molecule has 1 aromatic rings. The number of hydrogen-bond donors (Lipinski definition) is 2. The Hall–Kier alpha value is -0.930. The first kappa shape index (κ1) is 15.5. The van der Waals surface area contributed by atoms with E-state index in [0.29, 0.717) is 12.3 Å². The summed E-state index contributed by atoms with van der Waals surface area (Å²) >= 11 is 0. The molecule has 1 fully saturated rings. The number of sulfonamides is 1. The van der Waals surface area contributed by atoms with Gasteiger partial charge in [0.05, 0.1) is 19.8 Å². The highest BCUT2D eigenvalue weighted by molar-refractivity contribution is 7.89. The Morgan fingerprint density at radius 1 is 1.30 bits per heavy atom. The number of ether oxygens (including phenoxy) is 1. The minimum atomic E-state index is -3.49. The maximum absolute atomic E-state index is 11.5. The third kappa shape index (κ3) is 4.29. The maximum Gasteiger partial charge on any atom is 0.273 e. The van der Waals surface area contributed by atoms with Crippen LogP contribution < -0.4 is 10.0 Å². The first-order valence-electron chi connectivity index (χ1n) is 6.65. The Balaban J connectivity index is 1.72. The third-order valence-electron chi connectivity index (χ3n) is 3.18. The zero-order chi connectivity index (χ0) is 14.4. The van der Waals surface area contributed by atoms with E-state index in [2.05, 4.69) is 14.9 Å². The lowest BCUT2D eigenvalue weighted by Gasteiger charge is -2.26. The van der Waals surface area contributed by atoms with E-state index in [9.17, 15) is 8.42 Å². The fourth-order valence-electron chi connectivity index (χ4n) is 1.97. The van der Waals surface area contributed by atoms with E-state index < -0.39 is 10.0 Å². The molecule has 114 valence electrons. The summed E-state index contributed by atoms with van der Waals surface area (Å²) in [6.07, 6.45) is 0. The summed E-state index contributed by atoms with van der Waals surface area (Å²) in [5, 5.41) is 3.19. The summed E-state index contributed by atoms with van der Waals surface area (Å²) in [6, 6.07) is 3.14. The monoisotopic (exact) mass is 303 g/mol. The largest absolute Gasteiger partial charge is 0.447 e. The van der Waals surface area contributed by atoms with Crippen LogP contribution in [0.2, 0.25) is 0 Å². The van der Waals surface area contributed by atoms with Crippen molar-refractivity contribution < 1.29 is 17.6 Å². The molecular formula is C12H21N3O4S. The summed E-state index contributed by atoms with van der Waals surface area (Å²) in [5.41, 5.74) is 0. The van der Waals surface area contributed by atoms with Crippen LogP contribution in [0.15, 0.2) is 21.6 Å². The van der Waals surface area contributed by atoms with Gasteiger partial charge in [0.1, 0.15) is 5.76 Å². The van der Waals surface area contributed by atoms with Gasteiger partial charge < -0.3 is 14.5 Å². The molecule has 2 heterocycles. The molecule has 1 saturated heterocycles. The molecule has 8 heteroatoms. The SMILES string of the molecule is CNS(=O)(=O)c1ccc(CNCCN2CCOCC2)o1. The molecule has 20 heavy (non-hydrogen) atoms. The highest BCUT2D eigenvalue weighted by Gasteiger charge is 2.16. The van der Waals surface area contributed by atoms with E-state index in [-0.39, 0.29) is 5.09 Å². The Kier molecular flexibility index (Phi) is 5.55. The van der Waals surface area contributed by atoms with E-state index in [1.807, 2.05) is 0 Å². The molecule has 0 aromatic carbocycles. The van der Waals surface area contributed by atoms with Gasteiger partial charge >= 0.3 is 0 Å². The van der Waals surface area contributed by atoms with Crippen molar-refractivity contribution in [2.75, 3.05) is 46.4 Å². The second-order valence-corrected chi connectivity index (χ2v) is 6.38. The van der Waals surface area contributed by atoms with Crippen molar-refractivity contribution >= 4 is 10.0 Å². The number of rotatable bonds is 7. The Morgan fingerprint density at radius 2 is 2.05 bits per heavy atom. The van der Waals surface area contributed by atoms with Crippen LogP contribution in [0.3, 0.4) is 0 Å². The molecular weight excluding hydrogens is 282 g/mol. The Labute approximate surface area is 119 Å².